The van der Waals surface area contributed by atoms with Gasteiger partial charge >= 0.3 is 5.97 Å². The van der Waals surface area contributed by atoms with Gasteiger partial charge in [-0.2, -0.15) is 0 Å². The molecule has 1 N–H and O–H groups in total. The molecule has 1 fully saturated rings. The Morgan fingerprint density at radius 2 is 2.16 bits per heavy atom. The lowest BCUT2D eigenvalue weighted by atomic mass is 9.88. The minimum atomic E-state index is -1.07. The van der Waals surface area contributed by atoms with Gasteiger partial charge in [-0.15, -0.1) is 0 Å². The molecule has 1 heterocycles. The molecule has 0 aromatic heterocycles. The molecule has 2 rings (SSSR count). The molecule has 0 spiro atoms. The fourth-order valence-electron chi connectivity index (χ4n) is 2.92. The number of ether oxygens (including phenoxy) is 3. The molecule has 1 aromatic rings. The quantitative estimate of drug-likeness (QED) is 0.721. The first-order chi connectivity index (χ1) is 12.0. The van der Waals surface area contributed by atoms with Crippen LogP contribution in [0.1, 0.15) is 16.8 Å². The minimum Gasteiger partial charge on any atom is -0.497 e. The lowest BCUT2D eigenvalue weighted by Gasteiger charge is -2.24. The molecule has 0 bridgehead atoms. The Morgan fingerprint density at radius 3 is 2.76 bits per heavy atom. The van der Waals surface area contributed by atoms with E-state index in [1.54, 1.807) is 24.3 Å². The summed E-state index contributed by atoms with van der Waals surface area (Å²) in [5.74, 6) is -0.288. The molecule has 7 nitrogen and oxygen atoms in total. The second kappa shape index (κ2) is 8.02. The summed E-state index contributed by atoms with van der Waals surface area (Å²) in [6, 6.07) is 4.92. The highest BCUT2D eigenvalue weighted by Crippen LogP contribution is 2.34. The Morgan fingerprint density at radius 1 is 1.40 bits per heavy atom. The molecule has 1 aliphatic heterocycles. The Hall–Kier alpha value is -2.54. The zero-order valence-corrected chi connectivity index (χ0v) is 14.5. The third-order valence-corrected chi connectivity index (χ3v) is 4.29. The van der Waals surface area contributed by atoms with Crippen LogP contribution in [-0.4, -0.2) is 62.4 Å². The van der Waals surface area contributed by atoms with Gasteiger partial charge in [0.2, 0.25) is 0 Å². The SMILES string of the molecule is C=CCOc1cc(OC)ccc1C(=O)N1CCC(COC)(C(=O)O)C1. The molecule has 1 atom stereocenters. The summed E-state index contributed by atoms with van der Waals surface area (Å²) in [5.41, 5.74) is -0.708. The summed E-state index contributed by atoms with van der Waals surface area (Å²) < 4.78 is 15.8. The van der Waals surface area contributed by atoms with E-state index in [0.29, 0.717) is 30.0 Å². The van der Waals surface area contributed by atoms with E-state index in [4.69, 9.17) is 14.2 Å². The number of methoxy groups -OCH3 is 2. The van der Waals surface area contributed by atoms with E-state index in [9.17, 15) is 14.7 Å². The molecule has 0 aliphatic carbocycles. The number of hydrogen-bond acceptors (Lipinski definition) is 5. The van der Waals surface area contributed by atoms with Gasteiger partial charge in [0.05, 0.1) is 19.3 Å². The van der Waals surface area contributed by atoms with Crippen LogP contribution in [0.3, 0.4) is 0 Å². The van der Waals surface area contributed by atoms with Crippen LogP contribution < -0.4 is 9.47 Å². The number of likely N-dealkylation sites (tertiary alicyclic amines) is 1. The first-order valence-electron chi connectivity index (χ1n) is 7.91. The van der Waals surface area contributed by atoms with Crippen molar-refractivity contribution in [2.75, 3.05) is 40.5 Å². The molecule has 1 amide bonds. The van der Waals surface area contributed by atoms with Crippen molar-refractivity contribution in [3.8, 4) is 11.5 Å². The molecule has 7 heteroatoms. The van der Waals surface area contributed by atoms with Gasteiger partial charge in [0.25, 0.3) is 5.91 Å². The van der Waals surface area contributed by atoms with Crippen LogP contribution in [0, 0.1) is 5.41 Å². The standard InChI is InChI=1S/C18H23NO6/c1-4-9-25-15-10-13(24-3)5-6-14(15)16(20)19-8-7-18(11-19,12-23-2)17(21)22/h4-6,10H,1,7-9,11-12H2,2-3H3,(H,21,22). The number of amides is 1. The van der Waals surface area contributed by atoms with Crippen LogP contribution in [0.25, 0.3) is 0 Å². The van der Waals surface area contributed by atoms with E-state index in [0.717, 1.165) is 0 Å². The second-order valence-corrected chi connectivity index (χ2v) is 5.96. The third kappa shape index (κ3) is 3.93. The maximum Gasteiger partial charge on any atom is 0.313 e. The van der Waals surface area contributed by atoms with Crippen molar-refractivity contribution in [2.24, 2.45) is 5.41 Å². The van der Waals surface area contributed by atoms with E-state index >= 15 is 0 Å². The highest BCUT2D eigenvalue weighted by Gasteiger charge is 2.46. The molecule has 1 saturated heterocycles. The number of nitrogens with zero attached hydrogens (tertiary/aromatic N) is 1. The van der Waals surface area contributed by atoms with Gasteiger partial charge in [-0.05, 0) is 18.6 Å². The van der Waals surface area contributed by atoms with Crippen LogP contribution in [0.2, 0.25) is 0 Å². The van der Waals surface area contributed by atoms with Crippen LogP contribution in [0.15, 0.2) is 30.9 Å². The lowest BCUT2D eigenvalue weighted by molar-refractivity contribution is -0.151. The van der Waals surface area contributed by atoms with Crippen LogP contribution in [0.4, 0.5) is 0 Å². The van der Waals surface area contributed by atoms with Crippen molar-refractivity contribution in [3.05, 3.63) is 36.4 Å². The average Bonchev–Trinajstić information content (AvgIpc) is 3.05. The van der Waals surface area contributed by atoms with Gasteiger partial charge in [-0.3, -0.25) is 9.59 Å². The number of benzene rings is 1. The molecule has 136 valence electrons. The van der Waals surface area contributed by atoms with Crippen LogP contribution >= 0.6 is 0 Å². The first kappa shape index (κ1) is 18.8. The monoisotopic (exact) mass is 349 g/mol. The number of aliphatic carboxylic acids is 1. The van der Waals surface area contributed by atoms with Gasteiger partial charge < -0.3 is 24.2 Å². The van der Waals surface area contributed by atoms with Crippen molar-refractivity contribution in [1.29, 1.82) is 0 Å². The summed E-state index contributed by atoms with van der Waals surface area (Å²) >= 11 is 0. The normalized spacial score (nSPS) is 19.5. The average molecular weight is 349 g/mol. The van der Waals surface area contributed by atoms with Crippen LogP contribution in [-0.2, 0) is 9.53 Å². The number of carboxylic acids is 1. The Labute approximate surface area is 146 Å². The molecule has 25 heavy (non-hydrogen) atoms. The van der Waals surface area contributed by atoms with Crippen molar-refractivity contribution >= 4 is 11.9 Å². The fourth-order valence-corrected chi connectivity index (χ4v) is 2.92. The molecule has 1 aliphatic rings. The zero-order valence-electron chi connectivity index (χ0n) is 14.5. The maximum absolute atomic E-state index is 12.9. The van der Waals surface area contributed by atoms with Gasteiger partial charge in [0, 0.05) is 26.3 Å². The summed E-state index contributed by atoms with van der Waals surface area (Å²) in [5, 5.41) is 9.53. The van der Waals surface area contributed by atoms with E-state index in [1.807, 2.05) is 0 Å². The number of hydrogen-bond donors (Lipinski definition) is 1. The minimum absolute atomic E-state index is 0.0640. The summed E-state index contributed by atoms with van der Waals surface area (Å²) in [6.45, 7) is 4.36. The van der Waals surface area contributed by atoms with Crippen molar-refractivity contribution in [1.82, 2.24) is 4.90 Å². The zero-order chi connectivity index (χ0) is 18.4. The van der Waals surface area contributed by atoms with Gasteiger partial charge in [0.15, 0.2) is 0 Å². The number of carboxylic acid groups (broad SMARTS) is 1. The van der Waals surface area contributed by atoms with Crippen molar-refractivity contribution < 1.29 is 28.9 Å². The lowest BCUT2D eigenvalue weighted by Crippen LogP contribution is -2.40. The topological polar surface area (TPSA) is 85.3 Å². The predicted molar refractivity (Wildman–Crippen MR) is 91.2 cm³/mol. The Kier molecular flexibility index (Phi) is 6.03. The van der Waals surface area contributed by atoms with Gasteiger partial charge in [-0.1, -0.05) is 12.7 Å². The molecule has 1 unspecified atom stereocenters. The van der Waals surface area contributed by atoms with Crippen LogP contribution in [0.5, 0.6) is 11.5 Å². The number of rotatable bonds is 8. The fraction of sp³-hybridized carbons (Fsp3) is 0.444. The van der Waals surface area contributed by atoms with E-state index in [1.165, 1.54) is 19.1 Å². The largest absolute Gasteiger partial charge is 0.497 e. The van der Waals surface area contributed by atoms with E-state index in [2.05, 4.69) is 6.58 Å². The molecule has 0 saturated carbocycles. The molecular weight excluding hydrogens is 326 g/mol. The van der Waals surface area contributed by atoms with Gasteiger partial charge in [-0.25, -0.2) is 0 Å². The van der Waals surface area contributed by atoms with E-state index < -0.39 is 11.4 Å². The highest BCUT2D eigenvalue weighted by molar-refractivity contribution is 5.98. The number of carbonyl (C=O) groups is 2. The number of carbonyl (C=O) groups excluding carboxylic acids is 1. The smallest absolute Gasteiger partial charge is 0.313 e. The van der Waals surface area contributed by atoms with Gasteiger partial charge in [0.1, 0.15) is 23.5 Å². The van der Waals surface area contributed by atoms with Crippen molar-refractivity contribution in [3.63, 3.8) is 0 Å². The summed E-state index contributed by atoms with van der Waals surface area (Å²) in [4.78, 5) is 26.1. The van der Waals surface area contributed by atoms with E-state index in [-0.39, 0.29) is 25.7 Å². The summed E-state index contributed by atoms with van der Waals surface area (Å²) in [7, 11) is 2.99. The first-order valence-corrected chi connectivity index (χ1v) is 7.91. The Bertz CT molecular complexity index is 659. The summed E-state index contributed by atoms with van der Waals surface area (Å²) in [6.07, 6.45) is 1.93. The predicted octanol–water partition coefficient (Wildman–Crippen LogP) is 1.82. The Balaban J connectivity index is 2.25. The molecular formula is C18H23NO6. The van der Waals surface area contributed by atoms with Crippen molar-refractivity contribution in [2.45, 2.75) is 6.42 Å². The highest BCUT2D eigenvalue weighted by atomic mass is 16.5. The molecule has 0 radical (unpaired) electrons. The molecule has 1 aromatic carbocycles. The maximum atomic E-state index is 12.9. The third-order valence-electron chi connectivity index (χ3n) is 4.29. The second-order valence-electron chi connectivity index (χ2n) is 5.96.